The summed E-state index contributed by atoms with van der Waals surface area (Å²) in [6, 6.07) is 8.76. The summed E-state index contributed by atoms with van der Waals surface area (Å²) in [5, 5.41) is 11.7. The lowest BCUT2D eigenvalue weighted by Crippen LogP contribution is -2.49. The number of benzene rings is 1. The Morgan fingerprint density at radius 2 is 1.96 bits per heavy atom. The number of rotatable bonds is 5. The van der Waals surface area contributed by atoms with E-state index < -0.39 is 12.1 Å². The van der Waals surface area contributed by atoms with Crippen LogP contribution in [0.3, 0.4) is 0 Å². The fraction of sp³-hybridized carbons (Fsp3) is 0.529. The number of nitrogens with zero attached hydrogens (tertiary/aromatic N) is 1. The number of aliphatic hydroxyl groups is 1. The molecule has 0 spiro atoms. The summed E-state index contributed by atoms with van der Waals surface area (Å²) in [4.78, 5) is 25.8. The molecular formula is C17H24N2O4. The second-order valence-electron chi connectivity index (χ2n) is 5.88. The number of piperidine rings is 1. The average molecular weight is 320 g/mol. The number of carbonyl (C=O) groups is 2. The third-order valence-electron chi connectivity index (χ3n) is 4.10. The highest BCUT2D eigenvalue weighted by molar-refractivity contribution is 5.85. The van der Waals surface area contributed by atoms with Gasteiger partial charge in [-0.1, -0.05) is 30.3 Å². The van der Waals surface area contributed by atoms with Gasteiger partial charge in [-0.2, -0.15) is 0 Å². The van der Waals surface area contributed by atoms with E-state index in [-0.39, 0.29) is 25.0 Å². The van der Waals surface area contributed by atoms with Crippen molar-refractivity contribution in [3.8, 4) is 0 Å². The lowest BCUT2D eigenvalue weighted by molar-refractivity contribution is -0.134. The Hall–Kier alpha value is -2.08. The van der Waals surface area contributed by atoms with Crippen LogP contribution in [0.1, 0.15) is 25.3 Å². The van der Waals surface area contributed by atoms with E-state index in [4.69, 9.17) is 9.84 Å². The predicted molar refractivity (Wildman–Crippen MR) is 85.6 cm³/mol. The van der Waals surface area contributed by atoms with Gasteiger partial charge < -0.3 is 20.1 Å². The van der Waals surface area contributed by atoms with E-state index in [0.29, 0.717) is 13.1 Å². The van der Waals surface area contributed by atoms with E-state index in [2.05, 4.69) is 5.32 Å². The number of ether oxygens (including phenoxy) is 1. The molecule has 2 rings (SSSR count). The Morgan fingerprint density at radius 1 is 1.30 bits per heavy atom. The van der Waals surface area contributed by atoms with E-state index in [1.807, 2.05) is 30.3 Å². The van der Waals surface area contributed by atoms with Gasteiger partial charge in [-0.3, -0.25) is 4.79 Å². The van der Waals surface area contributed by atoms with Crippen molar-refractivity contribution in [3.63, 3.8) is 0 Å². The summed E-state index contributed by atoms with van der Waals surface area (Å²) in [6.07, 6.45) is 1.00. The molecule has 23 heavy (non-hydrogen) atoms. The zero-order valence-electron chi connectivity index (χ0n) is 13.4. The van der Waals surface area contributed by atoms with Gasteiger partial charge in [0.2, 0.25) is 5.91 Å². The van der Waals surface area contributed by atoms with Crippen molar-refractivity contribution in [1.29, 1.82) is 0 Å². The minimum atomic E-state index is -0.621. The highest BCUT2D eigenvalue weighted by atomic mass is 16.5. The molecule has 0 bridgehead atoms. The van der Waals surface area contributed by atoms with E-state index in [1.165, 1.54) is 0 Å². The summed E-state index contributed by atoms with van der Waals surface area (Å²) in [6.45, 7) is 3.24. The lowest BCUT2D eigenvalue weighted by atomic mass is 9.97. The van der Waals surface area contributed by atoms with E-state index >= 15 is 0 Å². The maximum atomic E-state index is 12.3. The van der Waals surface area contributed by atoms with Gasteiger partial charge in [-0.05, 0) is 31.2 Å². The quantitative estimate of drug-likeness (QED) is 0.862. The summed E-state index contributed by atoms with van der Waals surface area (Å²) < 4.78 is 5.12. The van der Waals surface area contributed by atoms with Crippen molar-refractivity contribution in [2.45, 2.75) is 32.4 Å². The third kappa shape index (κ3) is 5.25. The van der Waals surface area contributed by atoms with E-state index in [0.717, 1.165) is 18.4 Å². The third-order valence-corrected chi connectivity index (χ3v) is 4.10. The Kier molecular flexibility index (Phi) is 6.40. The monoisotopic (exact) mass is 320 g/mol. The molecule has 0 unspecified atom stereocenters. The summed E-state index contributed by atoms with van der Waals surface area (Å²) in [5.74, 6) is 0.163. The van der Waals surface area contributed by atoms with E-state index in [1.54, 1.807) is 11.8 Å². The number of carbonyl (C=O) groups excluding carboxylic acids is 2. The largest absolute Gasteiger partial charge is 0.445 e. The van der Waals surface area contributed by atoms with Crippen LogP contribution in [0.4, 0.5) is 4.79 Å². The molecular weight excluding hydrogens is 296 g/mol. The van der Waals surface area contributed by atoms with Gasteiger partial charge in [0.25, 0.3) is 0 Å². The van der Waals surface area contributed by atoms with Crippen LogP contribution >= 0.6 is 0 Å². The Bertz CT molecular complexity index is 513. The minimum absolute atomic E-state index is 0.113. The highest BCUT2D eigenvalue weighted by Gasteiger charge is 2.26. The SMILES string of the molecule is C[C@@H](NC(=O)OCc1ccccc1)C(=O)N1CCC(CO)CC1. The molecule has 0 aromatic heterocycles. The standard InChI is InChI=1S/C17H24N2O4/c1-13(16(21)19-9-7-14(11-20)8-10-19)18-17(22)23-12-15-5-3-2-4-6-15/h2-6,13-14,20H,7-12H2,1H3,(H,18,22)/t13-/m1/s1. The second-order valence-corrected chi connectivity index (χ2v) is 5.88. The number of alkyl carbamates (subject to hydrolysis) is 1. The first kappa shape index (κ1) is 17.3. The average Bonchev–Trinajstić information content (AvgIpc) is 2.60. The Balaban J connectivity index is 1.73. The molecule has 2 N–H and O–H groups in total. The first-order chi connectivity index (χ1) is 11.1. The number of amides is 2. The number of likely N-dealkylation sites (tertiary alicyclic amines) is 1. The van der Waals surface area contributed by atoms with Gasteiger partial charge in [0.05, 0.1) is 0 Å². The molecule has 6 heteroatoms. The Morgan fingerprint density at radius 3 is 2.57 bits per heavy atom. The zero-order valence-corrected chi connectivity index (χ0v) is 13.4. The molecule has 0 radical (unpaired) electrons. The van der Waals surface area contributed by atoms with Gasteiger partial charge in [-0.25, -0.2) is 4.79 Å². The highest BCUT2D eigenvalue weighted by Crippen LogP contribution is 2.17. The molecule has 1 aromatic rings. The van der Waals surface area contributed by atoms with Crippen molar-refractivity contribution < 1.29 is 19.4 Å². The van der Waals surface area contributed by atoms with Crippen molar-refractivity contribution >= 4 is 12.0 Å². The number of hydrogen-bond acceptors (Lipinski definition) is 4. The van der Waals surface area contributed by atoms with Crippen LogP contribution in [-0.4, -0.2) is 47.7 Å². The van der Waals surface area contributed by atoms with Crippen molar-refractivity contribution in [2.24, 2.45) is 5.92 Å². The summed E-state index contributed by atoms with van der Waals surface area (Å²) >= 11 is 0. The molecule has 1 saturated heterocycles. The number of hydrogen-bond donors (Lipinski definition) is 2. The number of aliphatic hydroxyl groups excluding tert-OH is 1. The summed E-state index contributed by atoms with van der Waals surface area (Å²) in [7, 11) is 0. The molecule has 6 nitrogen and oxygen atoms in total. The van der Waals surface area contributed by atoms with Crippen LogP contribution in [0.2, 0.25) is 0 Å². The van der Waals surface area contributed by atoms with Gasteiger partial charge in [0, 0.05) is 19.7 Å². The second kappa shape index (κ2) is 8.53. The molecule has 0 saturated carbocycles. The lowest BCUT2D eigenvalue weighted by Gasteiger charge is -2.32. The predicted octanol–water partition coefficient (Wildman–Crippen LogP) is 1.53. The maximum Gasteiger partial charge on any atom is 0.408 e. The zero-order chi connectivity index (χ0) is 16.7. The fourth-order valence-corrected chi connectivity index (χ4v) is 2.61. The van der Waals surface area contributed by atoms with Crippen LogP contribution in [0.25, 0.3) is 0 Å². The van der Waals surface area contributed by atoms with Gasteiger partial charge in [0.1, 0.15) is 12.6 Å². The van der Waals surface area contributed by atoms with Crippen LogP contribution in [0.15, 0.2) is 30.3 Å². The molecule has 1 aliphatic rings. The van der Waals surface area contributed by atoms with Crippen LogP contribution in [0, 0.1) is 5.92 Å². The minimum Gasteiger partial charge on any atom is -0.445 e. The molecule has 1 aromatic carbocycles. The molecule has 1 fully saturated rings. The summed E-state index contributed by atoms with van der Waals surface area (Å²) in [5.41, 5.74) is 0.896. The molecule has 0 aliphatic carbocycles. The molecule has 1 aliphatic heterocycles. The fourth-order valence-electron chi connectivity index (χ4n) is 2.61. The van der Waals surface area contributed by atoms with Gasteiger partial charge in [-0.15, -0.1) is 0 Å². The maximum absolute atomic E-state index is 12.3. The molecule has 1 heterocycles. The first-order valence-corrected chi connectivity index (χ1v) is 7.97. The van der Waals surface area contributed by atoms with Crippen molar-refractivity contribution in [3.05, 3.63) is 35.9 Å². The molecule has 126 valence electrons. The van der Waals surface area contributed by atoms with E-state index in [9.17, 15) is 9.59 Å². The van der Waals surface area contributed by atoms with Gasteiger partial charge >= 0.3 is 6.09 Å². The number of nitrogens with one attached hydrogen (secondary N) is 1. The topological polar surface area (TPSA) is 78.9 Å². The molecule has 2 amide bonds. The smallest absolute Gasteiger partial charge is 0.408 e. The van der Waals surface area contributed by atoms with Crippen LogP contribution < -0.4 is 5.32 Å². The molecule has 1 atom stereocenters. The normalized spacial score (nSPS) is 16.7. The van der Waals surface area contributed by atoms with Crippen LogP contribution in [0.5, 0.6) is 0 Å². The van der Waals surface area contributed by atoms with Crippen LogP contribution in [-0.2, 0) is 16.1 Å². The van der Waals surface area contributed by atoms with Gasteiger partial charge in [0.15, 0.2) is 0 Å². The van der Waals surface area contributed by atoms with Crippen molar-refractivity contribution in [2.75, 3.05) is 19.7 Å². The first-order valence-electron chi connectivity index (χ1n) is 7.97. The Labute approximate surface area is 136 Å². The van der Waals surface area contributed by atoms with Crippen molar-refractivity contribution in [1.82, 2.24) is 10.2 Å².